The van der Waals surface area contributed by atoms with Gasteiger partial charge in [0.1, 0.15) is 12.0 Å². The zero-order valence-electron chi connectivity index (χ0n) is 5.63. The van der Waals surface area contributed by atoms with Crippen molar-refractivity contribution < 1.29 is 1.37 Å². The SMILES string of the molecule is [2H]c1ncnc2[nH]ccc12. The van der Waals surface area contributed by atoms with E-state index >= 15 is 0 Å². The minimum atomic E-state index is 0.270. The third-order valence-corrected chi connectivity index (χ3v) is 1.15. The maximum absolute atomic E-state index is 7.31. The van der Waals surface area contributed by atoms with E-state index in [1.807, 2.05) is 0 Å². The van der Waals surface area contributed by atoms with Crippen LogP contribution in [0.3, 0.4) is 0 Å². The molecule has 0 radical (unpaired) electrons. The largest absolute Gasteiger partial charge is 0.346 e. The Balaban J connectivity index is 2.95. The first kappa shape index (κ1) is 3.61. The number of rotatable bonds is 0. The molecule has 2 rings (SSSR count). The van der Waals surface area contributed by atoms with Gasteiger partial charge in [-0.05, 0) is 6.07 Å². The first-order chi connectivity index (χ1) is 4.88. The van der Waals surface area contributed by atoms with Gasteiger partial charge in [-0.3, -0.25) is 0 Å². The van der Waals surface area contributed by atoms with Crippen molar-refractivity contribution in [2.24, 2.45) is 0 Å². The predicted octanol–water partition coefficient (Wildman–Crippen LogP) is 0.958. The molecule has 3 nitrogen and oxygen atoms in total. The Morgan fingerprint density at radius 3 is 3.56 bits per heavy atom. The van der Waals surface area contributed by atoms with Crippen molar-refractivity contribution in [3.05, 3.63) is 24.8 Å². The lowest BCUT2D eigenvalue weighted by Gasteiger charge is -1.81. The van der Waals surface area contributed by atoms with E-state index < -0.39 is 0 Å². The lowest BCUT2D eigenvalue weighted by atomic mass is 10.4. The van der Waals surface area contributed by atoms with Crippen molar-refractivity contribution in [3.63, 3.8) is 0 Å². The number of nitrogens with one attached hydrogen (secondary N) is 1. The molecular formula is C6H5N3. The van der Waals surface area contributed by atoms with Crippen molar-refractivity contribution in [1.82, 2.24) is 15.0 Å². The van der Waals surface area contributed by atoms with Gasteiger partial charge in [-0.2, -0.15) is 0 Å². The highest BCUT2D eigenvalue weighted by Gasteiger charge is 1.89. The molecule has 0 fully saturated rings. The van der Waals surface area contributed by atoms with Crippen molar-refractivity contribution in [3.8, 4) is 0 Å². The maximum atomic E-state index is 7.31. The molecule has 2 heterocycles. The van der Waals surface area contributed by atoms with Crippen LogP contribution in [0.2, 0.25) is 0 Å². The fraction of sp³-hybridized carbons (Fsp3) is 0. The highest BCUT2D eigenvalue weighted by molar-refractivity contribution is 5.73. The van der Waals surface area contributed by atoms with Crippen LogP contribution in [0.15, 0.2) is 24.8 Å². The zero-order chi connectivity index (χ0) is 6.97. The van der Waals surface area contributed by atoms with Gasteiger partial charge in [0.25, 0.3) is 0 Å². The Kier molecular flexibility index (Phi) is 0.621. The van der Waals surface area contributed by atoms with Crippen molar-refractivity contribution >= 4 is 11.0 Å². The van der Waals surface area contributed by atoms with Gasteiger partial charge in [-0.25, -0.2) is 9.97 Å². The van der Waals surface area contributed by atoms with Crippen molar-refractivity contribution in [1.29, 1.82) is 0 Å². The molecule has 0 aliphatic carbocycles. The summed E-state index contributed by atoms with van der Waals surface area (Å²) in [7, 11) is 0. The Labute approximate surface area is 53.2 Å². The van der Waals surface area contributed by atoms with Crippen LogP contribution in [0.1, 0.15) is 1.37 Å². The summed E-state index contributed by atoms with van der Waals surface area (Å²) >= 11 is 0. The van der Waals surface area contributed by atoms with E-state index in [1.54, 1.807) is 12.3 Å². The smallest absolute Gasteiger partial charge is 0.140 e. The summed E-state index contributed by atoms with van der Waals surface area (Å²) in [5.74, 6) is 0. The average molecular weight is 120 g/mol. The minimum Gasteiger partial charge on any atom is -0.346 e. The lowest BCUT2D eigenvalue weighted by Crippen LogP contribution is -1.75. The first-order valence-corrected chi connectivity index (χ1v) is 2.62. The molecular weight excluding hydrogens is 114 g/mol. The molecule has 3 heteroatoms. The molecule has 44 valence electrons. The van der Waals surface area contributed by atoms with Gasteiger partial charge < -0.3 is 4.98 Å². The molecule has 1 N–H and O–H groups in total. The topological polar surface area (TPSA) is 41.6 Å². The second kappa shape index (κ2) is 1.55. The summed E-state index contributed by atoms with van der Waals surface area (Å²) in [6.07, 6.45) is 3.39. The fourth-order valence-corrected chi connectivity index (χ4v) is 0.743. The number of hydrogen-bond donors (Lipinski definition) is 1. The summed E-state index contributed by atoms with van der Waals surface area (Å²) in [5, 5.41) is 0.766. The van der Waals surface area contributed by atoms with Gasteiger partial charge in [0, 0.05) is 17.8 Å². The highest BCUT2D eigenvalue weighted by atomic mass is 14.9. The van der Waals surface area contributed by atoms with Crippen LogP contribution in [-0.2, 0) is 0 Å². The van der Waals surface area contributed by atoms with Gasteiger partial charge >= 0.3 is 0 Å². The Bertz CT molecular complexity index is 355. The number of aromatic amines is 1. The molecule has 9 heavy (non-hydrogen) atoms. The molecule has 0 unspecified atom stereocenters. The van der Waals surface area contributed by atoms with Gasteiger partial charge in [0.05, 0.1) is 1.37 Å². The zero-order valence-corrected chi connectivity index (χ0v) is 4.63. The fourth-order valence-electron chi connectivity index (χ4n) is 0.743. The second-order valence-corrected chi connectivity index (χ2v) is 1.73. The first-order valence-electron chi connectivity index (χ1n) is 3.12. The van der Waals surface area contributed by atoms with Crippen LogP contribution >= 0.6 is 0 Å². The minimum absolute atomic E-state index is 0.270. The molecule has 0 saturated heterocycles. The normalized spacial score (nSPS) is 11.8. The molecule has 2 aromatic rings. The Morgan fingerprint density at radius 2 is 2.67 bits per heavy atom. The maximum Gasteiger partial charge on any atom is 0.140 e. The third-order valence-electron chi connectivity index (χ3n) is 1.15. The average Bonchev–Trinajstić information content (AvgIpc) is 2.36. The number of nitrogens with zero attached hydrogens (tertiary/aromatic N) is 2. The molecule has 0 aliphatic heterocycles. The lowest BCUT2D eigenvalue weighted by molar-refractivity contribution is 1.20. The van der Waals surface area contributed by atoms with E-state index in [4.69, 9.17) is 1.37 Å². The Morgan fingerprint density at radius 1 is 1.67 bits per heavy atom. The highest BCUT2D eigenvalue weighted by Crippen LogP contribution is 2.03. The second-order valence-electron chi connectivity index (χ2n) is 1.73. The third kappa shape index (κ3) is 0.579. The van der Waals surface area contributed by atoms with E-state index in [0.29, 0.717) is 0 Å². The summed E-state index contributed by atoms with van der Waals surface area (Å²) < 4.78 is 7.31. The molecule has 0 spiro atoms. The van der Waals surface area contributed by atoms with Gasteiger partial charge in [-0.1, -0.05) is 0 Å². The quantitative estimate of drug-likeness (QED) is 0.562. The molecule has 0 atom stereocenters. The van der Waals surface area contributed by atoms with Gasteiger partial charge in [0.2, 0.25) is 0 Å². The van der Waals surface area contributed by atoms with Crippen LogP contribution in [0.4, 0.5) is 0 Å². The van der Waals surface area contributed by atoms with Crippen molar-refractivity contribution in [2.75, 3.05) is 0 Å². The van der Waals surface area contributed by atoms with E-state index in [-0.39, 0.29) is 6.17 Å². The number of fused-ring (bicyclic) bond motifs is 1. The molecule has 0 amide bonds. The predicted molar refractivity (Wildman–Crippen MR) is 33.9 cm³/mol. The summed E-state index contributed by atoms with van der Waals surface area (Å²) in [4.78, 5) is 10.5. The van der Waals surface area contributed by atoms with Crippen LogP contribution in [0.25, 0.3) is 11.0 Å². The van der Waals surface area contributed by atoms with Crippen LogP contribution in [-0.4, -0.2) is 15.0 Å². The standard InChI is InChI=1S/C6H5N3/c1-2-8-6-5(1)3-7-4-9-6/h1-4H,(H,7,8,9)/i3D. The summed E-state index contributed by atoms with van der Waals surface area (Å²) in [6.45, 7) is 0. The molecule has 0 aliphatic rings. The Hall–Kier alpha value is -1.38. The molecule has 0 bridgehead atoms. The molecule has 2 aromatic heterocycles. The number of H-pyrrole nitrogens is 1. The van der Waals surface area contributed by atoms with E-state index in [9.17, 15) is 0 Å². The summed E-state index contributed by atoms with van der Waals surface area (Å²) in [5.41, 5.74) is 0.722. The molecule has 0 aromatic carbocycles. The summed E-state index contributed by atoms with van der Waals surface area (Å²) in [6, 6.07) is 1.79. The van der Waals surface area contributed by atoms with E-state index in [2.05, 4.69) is 15.0 Å². The monoisotopic (exact) mass is 120 g/mol. The molecule has 0 saturated carbocycles. The van der Waals surface area contributed by atoms with Crippen LogP contribution in [0, 0.1) is 0 Å². The van der Waals surface area contributed by atoms with Gasteiger partial charge in [-0.15, -0.1) is 0 Å². The van der Waals surface area contributed by atoms with Crippen LogP contribution < -0.4 is 0 Å². The van der Waals surface area contributed by atoms with E-state index in [1.165, 1.54) is 6.33 Å². The van der Waals surface area contributed by atoms with Crippen molar-refractivity contribution in [2.45, 2.75) is 0 Å². The van der Waals surface area contributed by atoms with E-state index in [0.717, 1.165) is 11.0 Å². The number of aromatic nitrogens is 3. The van der Waals surface area contributed by atoms with Gasteiger partial charge in [0.15, 0.2) is 0 Å². The van der Waals surface area contributed by atoms with Crippen LogP contribution in [0.5, 0.6) is 0 Å². The number of hydrogen-bond acceptors (Lipinski definition) is 2.